The second-order valence-corrected chi connectivity index (χ2v) is 1.77. The van der Waals surface area contributed by atoms with Gasteiger partial charge in [-0.05, 0) is 19.1 Å². The maximum Gasteiger partial charge on any atom is -0.0197 e. The van der Waals surface area contributed by atoms with Crippen molar-refractivity contribution in [2.24, 2.45) is 0 Å². The molecule has 12 heavy (non-hydrogen) atoms. The van der Waals surface area contributed by atoms with Gasteiger partial charge in [-0.3, -0.25) is 0 Å². The number of allylic oxidation sites excluding steroid dienone is 5. The molecule has 0 fully saturated rings. The number of hydrogen-bond donors (Lipinski definition) is 0. The summed E-state index contributed by atoms with van der Waals surface area (Å²) in [6.45, 7) is 10.1. The fourth-order valence-electron chi connectivity index (χ4n) is 0.546. The Morgan fingerprint density at radius 3 is 2.17 bits per heavy atom. The van der Waals surface area contributed by atoms with Crippen molar-refractivity contribution in [2.75, 3.05) is 0 Å². The van der Waals surface area contributed by atoms with Crippen LogP contribution in [0.5, 0.6) is 0 Å². The minimum absolute atomic E-state index is 1.27. The molecule has 0 aromatic rings. The molecule has 0 amide bonds. The summed E-state index contributed by atoms with van der Waals surface area (Å²) in [4.78, 5) is 0. The van der Waals surface area contributed by atoms with E-state index in [0.717, 1.165) is 0 Å². The van der Waals surface area contributed by atoms with E-state index in [0.29, 0.717) is 0 Å². The van der Waals surface area contributed by atoms with E-state index in [4.69, 9.17) is 0 Å². The molecule has 0 radical (unpaired) electrons. The smallest absolute Gasteiger partial charge is 0.0197 e. The monoisotopic (exact) mass is 164 g/mol. The Kier molecular flexibility index (Phi) is 14.3. The summed E-state index contributed by atoms with van der Waals surface area (Å²) in [6, 6.07) is 0. The molecule has 1 aliphatic rings. The molecular formula is C12H20. The van der Waals surface area contributed by atoms with Crippen LogP contribution < -0.4 is 0 Å². The molecule has 0 atom stereocenters. The van der Waals surface area contributed by atoms with Gasteiger partial charge in [-0.25, -0.2) is 0 Å². The molecule has 0 heteroatoms. The Labute approximate surface area is 77.0 Å². The molecule has 68 valence electrons. The molecule has 0 bridgehead atoms. The Balaban J connectivity index is 0. The van der Waals surface area contributed by atoms with Crippen LogP contribution in [0.4, 0.5) is 0 Å². The third-order valence-corrected chi connectivity index (χ3v) is 0.994. The molecule has 0 saturated carbocycles. The van der Waals surface area contributed by atoms with E-state index in [9.17, 15) is 0 Å². The highest BCUT2D eigenvalue weighted by molar-refractivity contribution is 5.27. The van der Waals surface area contributed by atoms with Crippen LogP contribution in [-0.4, -0.2) is 0 Å². The van der Waals surface area contributed by atoms with E-state index in [1.165, 1.54) is 5.57 Å². The highest BCUT2D eigenvalue weighted by Gasteiger charge is 1.76. The van der Waals surface area contributed by atoms with Crippen molar-refractivity contribution in [3.05, 3.63) is 41.7 Å². The van der Waals surface area contributed by atoms with Crippen LogP contribution in [0.15, 0.2) is 41.7 Å². The lowest BCUT2D eigenvalue weighted by Gasteiger charge is -1.80. The van der Waals surface area contributed by atoms with Gasteiger partial charge in [-0.1, -0.05) is 51.5 Å². The number of rotatable bonds is 0. The van der Waals surface area contributed by atoms with Crippen molar-refractivity contribution in [3.63, 3.8) is 0 Å². The SMILES string of the molecule is CC.CC.CC1=CC=C=CC=C1. The van der Waals surface area contributed by atoms with Gasteiger partial charge in [0.05, 0.1) is 0 Å². The quantitative estimate of drug-likeness (QED) is 0.469. The molecule has 0 aromatic heterocycles. The lowest BCUT2D eigenvalue weighted by Crippen LogP contribution is -1.60. The van der Waals surface area contributed by atoms with Gasteiger partial charge in [0.15, 0.2) is 0 Å². The minimum Gasteiger partial charge on any atom is -0.121 e. The Morgan fingerprint density at radius 1 is 1.00 bits per heavy atom. The summed E-state index contributed by atoms with van der Waals surface area (Å²) >= 11 is 0. The zero-order valence-electron chi connectivity index (χ0n) is 8.89. The van der Waals surface area contributed by atoms with Crippen LogP contribution in [0, 0.1) is 0 Å². The lowest BCUT2D eigenvalue weighted by molar-refractivity contribution is 1.50. The second-order valence-electron chi connectivity index (χ2n) is 1.77. The summed E-state index contributed by atoms with van der Waals surface area (Å²) in [5, 5.41) is 0. The van der Waals surface area contributed by atoms with Gasteiger partial charge in [-0.15, -0.1) is 5.73 Å². The minimum atomic E-state index is 1.27. The summed E-state index contributed by atoms with van der Waals surface area (Å²) < 4.78 is 0. The Morgan fingerprint density at radius 2 is 1.58 bits per heavy atom. The summed E-state index contributed by atoms with van der Waals surface area (Å²) in [5.74, 6) is 0. The van der Waals surface area contributed by atoms with Crippen molar-refractivity contribution < 1.29 is 0 Å². The van der Waals surface area contributed by atoms with E-state index in [-0.39, 0.29) is 0 Å². The maximum absolute atomic E-state index is 2.96. The van der Waals surface area contributed by atoms with Crippen LogP contribution in [0.25, 0.3) is 0 Å². The number of hydrogen-bond acceptors (Lipinski definition) is 0. The zero-order valence-corrected chi connectivity index (χ0v) is 8.89. The molecular weight excluding hydrogens is 144 g/mol. The molecule has 0 saturated heterocycles. The highest BCUT2D eigenvalue weighted by atomic mass is 13.8. The summed E-state index contributed by atoms with van der Waals surface area (Å²) in [5.41, 5.74) is 4.23. The predicted molar refractivity (Wildman–Crippen MR) is 58.2 cm³/mol. The third kappa shape index (κ3) is 9.00. The lowest BCUT2D eigenvalue weighted by atomic mass is 10.3. The van der Waals surface area contributed by atoms with Crippen molar-refractivity contribution in [3.8, 4) is 0 Å². The second kappa shape index (κ2) is 12.7. The fourth-order valence-corrected chi connectivity index (χ4v) is 0.546. The zero-order chi connectivity index (χ0) is 9.82. The van der Waals surface area contributed by atoms with Crippen molar-refractivity contribution in [1.82, 2.24) is 0 Å². The van der Waals surface area contributed by atoms with E-state index < -0.39 is 0 Å². The first-order valence-electron chi connectivity index (χ1n) is 4.65. The first-order chi connectivity index (χ1) is 5.89. The van der Waals surface area contributed by atoms with Gasteiger partial charge >= 0.3 is 0 Å². The van der Waals surface area contributed by atoms with Gasteiger partial charge in [-0.2, -0.15) is 0 Å². The standard InChI is InChI=1S/C8H8.2C2H6/c1-8-6-4-2-3-5-7-8;2*1-2/h2,4-7H,1H3;2*1-2H3. The van der Waals surface area contributed by atoms with E-state index in [1.807, 2.05) is 52.0 Å². The van der Waals surface area contributed by atoms with Gasteiger partial charge in [0, 0.05) is 0 Å². The average Bonchev–Trinajstić information content (AvgIpc) is 2.40. The molecule has 0 heterocycles. The van der Waals surface area contributed by atoms with Crippen molar-refractivity contribution in [2.45, 2.75) is 34.6 Å². The largest absolute Gasteiger partial charge is 0.121 e. The molecule has 0 N–H and O–H groups in total. The van der Waals surface area contributed by atoms with Crippen molar-refractivity contribution >= 4 is 0 Å². The summed E-state index contributed by atoms with van der Waals surface area (Å²) in [6.07, 6.45) is 9.87. The van der Waals surface area contributed by atoms with Crippen LogP contribution in [0.1, 0.15) is 34.6 Å². The predicted octanol–water partition coefficient (Wildman–Crippen LogP) is 4.27. The highest BCUT2D eigenvalue weighted by Crippen LogP contribution is 1.97. The van der Waals surface area contributed by atoms with Gasteiger partial charge < -0.3 is 0 Å². The summed E-state index contributed by atoms with van der Waals surface area (Å²) in [7, 11) is 0. The van der Waals surface area contributed by atoms with Crippen LogP contribution in [-0.2, 0) is 0 Å². The van der Waals surface area contributed by atoms with Crippen molar-refractivity contribution in [1.29, 1.82) is 0 Å². The van der Waals surface area contributed by atoms with E-state index in [2.05, 4.69) is 18.7 Å². The maximum atomic E-state index is 2.96. The topological polar surface area (TPSA) is 0 Å². The first kappa shape index (κ1) is 13.6. The van der Waals surface area contributed by atoms with Gasteiger partial charge in [0.2, 0.25) is 0 Å². The molecule has 0 nitrogen and oxygen atoms in total. The van der Waals surface area contributed by atoms with Crippen LogP contribution in [0.3, 0.4) is 0 Å². The Hall–Kier alpha value is -1.00. The third-order valence-electron chi connectivity index (χ3n) is 0.994. The van der Waals surface area contributed by atoms with Gasteiger partial charge in [0.1, 0.15) is 0 Å². The van der Waals surface area contributed by atoms with E-state index in [1.54, 1.807) is 0 Å². The first-order valence-corrected chi connectivity index (χ1v) is 4.65. The normalized spacial score (nSPS) is 11.6. The molecule has 1 rings (SSSR count). The van der Waals surface area contributed by atoms with E-state index >= 15 is 0 Å². The molecule has 0 spiro atoms. The average molecular weight is 164 g/mol. The Bertz CT molecular complexity index is 186. The molecule has 1 aliphatic carbocycles. The van der Waals surface area contributed by atoms with Crippen LogP contribution >= 0.6 is 0 Å². The fraction of sp³-hybridized carbons (Fsp3) is 0.417. The van der Waals surface area contributed by atoms with Crippen LogP contribution in [0.2, 0.25) is 0 Å². The molecule has 0 aromatic carbocycles. The molecule has 0 unspecified atom stereocenters. The molecule has 0 aliphatic heterocycles. The van der Waals surface area contributed by atoms with Gasteiger partial charge in [0.25, 0.3) is 0 Å².